The summed E-state index contributed by atoms with van der Waals surface area (Å²) in [7, 11) is -4.42. The molecule has 1 aliphatic rings. The number of hydrogen-bond acceptors (Lipinski definition) is 6. The van der Waals surface area contributed by atoms with E-state index in [1.165, 1.54) is 35.9 Å². The van der Waals surface area contributed by atoms with Crippen molar-refractivity contribution >= 4 is 38.3 Å². The van der Waals surface area contributed by atoms with Crippen LogP contribution in [0.3, 0.4) is 0 Å². The molecular formula is C9H19NO4S3. The molecule has 0 bridgehead atoms. The normalized spacial score (nSPS) is 15.8. The van der Waals surface area contributed by atoms with Crippen LogP contribution in [-0.4, -0.2) is 53.1 Å². The van der Waals surface area contributed by atoms with Gasteiger partial charge in [0, 0.05) is 5.75 Å². The summed E-state index contributed by atoms with van der Waals surface area (Å²) in [6, 6.07) is 0. The lowest BCUT2D eigenvalue weighted by molar-refractivity contribution is -0.511. The highest BCUT2D eigenvalue weighted by molar-refractivity contribution is 8.38. The summed E-state index contributed by atoms with van der Waals surface area (Å²) in [4.78, 5) is 0. The summed E-state index contributed by atoms with van der Waals surface area (Å²) >= 11 is 3.98. The van der Waals surface area contributed by atoms with Crippen LogP contribution in [0.4, 0.5) is 0 Å². The van der Waals surface area contributed by atoms with Crippen molar-refractivity contribution in [2.24, 2.45) is 0 Å². The van der Waals surface area contributed by atoms with E-state index in [4.69, 9.17) is 0 Å². The van der Waals surface area contributed by atoms with Crippen LogP contribution in [0.1, 0.15) is 20.8 Å². The summed E-state index contributed by atoms with van der Waals surface area (Å²) in [6.07, 6.45) is 0. The predicted molar refractivity (Wildman–Crippen MR) is 72.6 cm³/mol. The Hall–Kier alpha value is 0.240. The average molecular weight is 301 g/mol. The molecule has 0 fully saturated rings. The maximum Gasteiger partial charge on any atom is 0.270 e. The molecule has 0 saturated heterocycles. The topological polar surface area (TPSA) is 69.4 Å². The Labute approximate surface area is 112 Å². The minimum absolute atomic E-state index is 0.0914. The standard InChI is InChI=1S/C7H14NS2.C2H6O4S/c1-3-8-5-6-10-7(8)9-4-2;1-2-6-7(3,4)5/h3-6H2,1-2H3;2H2,1H3,(H,3,4,5)/q+1;/p-1. The van der Waals surface area contributed by atoms with Crippen molar-refractivity contribution in [1.82, 2.24) is 0 Å². The molecule has 1 heterocycles. The molecular weight excluding hydrogens is 282 g/mol. The van der Waals surface area contributed by atoms with E-state index in [0.717, 1.165) is 0 Å². The van der Waals surface area contributed by atoms with Gasteiger partial charge in [-0.15, -0.1) is 0 Å². The van der Waals surface area contributed by atoms with Gasteiger partial charge in [0.05, 0.1) is 12.4 Å². The fourth-order valence-electron chi connectivity index (χ4n) is 1.11. The zero-order valence-electron chi connectivity index (χ0n) is 10.3. The summed E-state index contributed by atoms with van der Waals surface area (Å²) in [6.45, 7) is 8.20. The predicted octanol–water partition coefficient (Wildman–Crippen LogP) is 1.36. The fraction of sp³-hybridized carbons (Fsp3) is 0.889. The third kappa shape index (κ3) is 8.90. The van der Waals surface area contributed by atoms with Crippen LogP contribution in [0.15, 0.2) is 0 Å². The van der Waals surface area contributed by atoms with Gasteiger partial charge >= 0.3 is 0 Å². The zero-order chi connectivity index (χ0) is 13.3. The summed E-state index contributed by atoms with van der Waals surface area (Å²) in [5.74, 6) is 2.50. The van der Waals surface area contributed by atoms with E-state index in [2.05, 4.69) is 22.6 Å². The van der Waals surface area contributed by atoms with Crippen molar-refractivity contribution in [3.63, 3.8) is 0 Å². The van der Waals surface area contributed by atoms with Crippen molar-refractivity contribution in [3.05, 3.63) is 0 Å². The van der Waals surface area contributed by atoms with Crippen molar-refractivity contribution in [2.75, 3.05) is 31.2 Å². The smallest absolute Gasteiger partial charge is 0.270 e. The number of rotatable bonds is 4. The SMILES string of the molecule is CCOS(=O)(=O)[O-].CCSC1=[N+](CC)CCS1. The molecule has 0 aromatic heterocycles. The van der Waals surface area contributed by atoms with Crippen LogP contribution in [0.2, 0.25) is 0 Å². The van der Waals surface area contributed by atoms with Gasteiger partial charge in [0.2, 0.25) is 10.4 Å². The molecule has 17 heavy (non-hydrogen) atoms. The average Bonchev–Trinajstić information content (AvgIpc) is 2.65. The Bertz CT molecular complexity index is 340. The maximum absolute atomic E-state index is 9.45. The molecule has 0 spiro atoms. The number of nitrogens with zero attached hydrogens (tertiary/aromatic N) is 1. The van der Waals surface area contributed by atoms with Crippen molar-refractivity contribution in [3.8, 4) is 0 Å². The Morgan fingerprint density at radius 1 is 1.47 bits per heavy atom. The molecule has 5 nitrogen and oxygen atoms in total. The van der Waals surface area contributed by atoms with E-state index in [9.17, 15) is 13.0 Å². The Morgan fingerprint density at radius 2 is 2.12 bits per heavy atom. The van der Waals surface area contributed by atoms with Gasteiger partial charge in [-0.1, -0.05) is 18.7 Å². The van der Waals surface area contributed by atoms with Crippen LogP contribution >= 0.6 is 23.5 Å². The molecule has 0 aromatic carbocycles. The molecule has 0 atom stereocenters. The molecule has 0 radical (unpaired) electrons. The summed E-state index contributed by atoms with van der Waals surface area (Å²) in [5.41, 5.74) is 0. The Balaban J connectivity index is 0.000000325. The van der Waals surface area contributed by atoms with Crippen LogP contribution < -0.4 is 0 Å². The lowest BCUT2D eigenvalue weighted by Gasteiger charge is -2.02. The van der Waals surface area contributed by atoms with Crippen LogP contribution in [0, 0.1) is 0 Å². The zero-order valence-corrected chi connectivity index (χ0v) is 12.8. The first-order valence-electron chi connectivity index (χ1n) is 5.42. The van der Waals surface area contributed by atoms with Crippen LogP contribution in [-0.2, 0) is 14.6 Å². The van der Waals surface area contributed by atoms with E-state index in [-0.39, 0.29) is 6.61 Å². The largest absolute Gasteiger partial charge is 0.726 e. The van der Waals surface area contributed by atoms with Crippen molar-refractivity contribution < 1.29 is 21.7 Å². The van der Waals surface area contributed by atoms with Crippen molar-refractivity contribution in [1.29, 1.82) is 0 Å². The Kier molecular flexibility index (Phi) is 9.34. The highest BCUT2D eigenvalue weighted by Gasteiger charge is 2.20. The van der Waals surface area contributed by atoms with Crippen LogP contribution in [0.5, 0.6) is 0 Å². The first-order valence-corrected chi connectivity index (χ1v) is 8.72. The number of hydrogen-bond donors (Lipinski definition) is 0. The Morgan fingerprint density at radius 3 is 2.47 bits per heavy atom. The van der Waals surface area contributed by atoms with E-state index < -0.39 is 10.4 Å². The quantitative estimate of drug-likeness (QED) is 0.443. The van der Waals surface area contributed by atoms with Gasteiger partial charge in [0.15, 0.2) is 6.54 Å². The third-order valence-electron chi connectivity index (χ3n) is 1.76. The minimum atomic E-state index is -4.42. The summed E-state index contributed by atoms with van der Waals surface area (Å²) in [5, 5.41) is 0. The highest BCUT2D eigenvalue weighted by atomic mass is 32.3. The van der Waals surface area contributed by atoms with E-state index in [0.29, 0.717) is 0 Å². The molecule has 0 aliphatic carbocycles. The van der Waals surface area contributed by atoms with Crippen LogP contribution in [0.25, 0.3) is 0 Å². The molecule has 0 aromatic rings. The van der Waals surface area contributed by atoms with E-state index >= 15 is 0 Å². The minimum Gasteiger partial charge on any atom is -0.726 e. The molecule has 102 valence electrons. The van der Waals surface area contributed by atoms with Gasteiger partial charge in [-0.25, -0.2) is 13.0 Å². The molecule has 0 unspecified atom stereocenters. The maximum atomic E-state index is 9.45. The molecule has 0 N–H and O–H groups in total. The number of thioether (sulfide) groups is 2. The van der Waals surface area contributed by atoms with Gasteiger partial charge in [0.25, 0.3) is 4.38 Å². The lowest BCUT2D eigenvalue weighted by atomic mass is 10.6. The van der Waals surface area contributed by atoms with Gasteiger partial charge < -0.3 is 4.55 Å². The molecule has 0 amide bonds. The first kappa shape index (κ1) is 17.2. The highest BCUT2D eigenvalue weighted by Crippen LogP contribution is 2.21. The fourth-order valence-corrected chi connectivity index (χ4v) is 3.88. The summed E-state index contributed by atoms with van der Waals surface area (Å²) < 4.78 is 36.0. The monoisotopic (exact) mass is 301 g/mol. The lowest BCUT2D eigenvalue weighted by Crippen LogP contribution is -2.12. The second-order valence-corrected chi connectivity index (χ2v) is 6.59. The van der Waals surface area contributed by atoms with E-state index in [1.807, 2.05) is 23.5 Å². The van der Waals surface area contributed by atoms with E-state index in [1.54, 1.807) is 0 Å². The second kappa shape index (κ2) is 9.21. The van der Waals surface area contributed by atoms with Crippen molar-refractivity contribution in [2.45, 2.75) is 20.8 Å². The van der Waals surface area contributed by atoms with Gasteiger partial charge in [-0.2, -0.15) is 0 Å². The van der Waals surface area contributed by atoms with Gasteiger partial charge in [0.1, 0.15) is 6.54 Å². The second-order valence-electron chi connectivity index (χ2n) is 2.94. The van der Waals surface area contributed by atoms with Gasteiger partial charge in [-0.3, -0.25) is 4.18 Å². The van der Waals surface area contributed by atoms with Gasteiger partial charge in [-0.05, 0) is 25.6 Å². The molecule has 0 saturated carbocycles. The first-order chi connectivity index (χ1) is 7.94. The molecule has 8 heteroatoms. The third-order valence-corrected chi connectivity index (χ3v) is 4.67. The molecule has 1 rings (SSSR count). The molecule has 1 aliphatic heterocycles.